The van der Waals surface area contributed by atoms with Crippen LogP contribution in [0.25, 0.3) is 5.69 Å². The predicted octanol–water partition coefficient (Wildman–Crippen LogP) is 0.351. The van der Waals surface area contributed by atoms with Crippen molar-refractivity contribution < 1.29 is 18.9 Å². The van der Waals surface area contributed by atoms with Crippen LogP contribution in [0.4, 0.5) is 15.9 Å². The van der Waals surface area contributed by atoms with E-state index in [9.17, 15) is 28.9 Å². The van der Waals surface area contributed by atoms with E-state index >= 15 is 0 Å². The monoisotopic (exact) mass is 318 g/mol. The second-order valence-corrected chi connectivity index (χ2v) is 4.67. The Morgan fingerprint density at radius 3 is 2.48 bits per heavy atom. The normalized spacial score (nSPS) is 12.9. The molecule has 3 N–H and O–H groups in total. The van der Waals surface area contributed by atoms with Crippen LogP contribution in [0.1, 0.15) is 20.7 Å². The number of hydrogen-bond acceptors (Lipinski definition) is 6. The number of rotatable bonds is 2. The zero-order valence-corrected chi connectivity index (χ0v) is 11.2. The molecule has 2 amide bonds. The van der Waals surface area contributed by atoms with E-state index in [4.69, 9.17) is 5.73 Å². The summed E-state index contributed by atoms with van der Waals surface area (Å²) in [6.45, 7) is 0. The van der Waals surface area contributed by atoms with E-state index in [1.54, 1.807) is 0 Å². The standard InChI is InChI=1S/C13H7FN4O5/c14-7-3-5(18(22)23)1-2-8(7)17-9(19)4-6-10(11(17)15)13(21)16-12(6)20/h1-4H,15H2,(H,16,20,21). The van der Waals surface area contributed by atoms with Crippen LogP contribution in [0.2, 0.25) is 0 Å². The lowest BCUT2D eigenvalue weighted by atomic mass is 10.1. The highest BCUT2D eigenvalue weighted by molar-refractivity contribution is 6.23. The Morgan fingerprint density at radius 1 is 1.17 bits per heavy atom. The van der Waals surface area contributed by atoms with Crippen LogP contribution >= 0.6 is 0 Å². The number of nitrogens with two attached hydrogens (primary N) is 1. The molecule has 0 spiro atoms. The first-order valence-electron chi connectivity index (χ1n) is 6.16. The van der Waals surface area contributed by atoms with Crippen molar-refractivity contribution in [2.24, 2.45) is 0 Å². The van der Waals surface area contributed by atoms with Crippen molar-refractivity contribution in [3.8, 4) is 5.69 Å². The van der Waals surface area contributed by atoms with Crippen LogP contribution in [-0.2, 0) is 0 Å². The number of nitro groups is 1. The van der Waals surface area contributed by atoms with Crippen LogP contribution in [0.3, 0.4) is 0 Å². The van der Waals surface area contributed by atoms with Gasteiger partial charge in [0, 0.05) is 12.1 Å². The van der Waals surface area contributed by atoms with Crippen LogP contribution in [-0.4, -0.2) is 21.3 Å². The van der Waals surface area contributed by atoms with Crippen LogP contribution in [0, 0.1) is 15.9 Å². The number of halogens is 1. The number of nitrogens with one attached hydrogen (secondary N) is 1. The number of non-ortho nitro benzene ring substituents is 1. The van der Waals surface area contributed by atoms with Crippen molar-refractivity contribution >= 4 is 23.3 Å². The summed E-state index contributed by atoms with van der Waals surface area (Å²) in [4.78, 5) is 45.2. The molecule has 1 aliphatic rings. The number of amides is 2. The molecule has 1 aromatic carbocycles. The minimum absolute atomic E-state index is 0.198. The van der Waals surface area contributed by atoms with Gasteiger partial charge in [-0.25, -0.2) is 4.39 Å². The van der Waals surface area contributed by atoms with E-state index < -0.39 is 39.6 Å². The number of carbonyl (C=O) groups excluding carboxylic acids is 2. The first-order chi connectivity index (χ1) is 10.8. The fourth-order valence-corrected chi connectivity index (χ4v) is 2.32. The SMILES string of the molecule is Nc1c2c(cc(=O)n1-c1ccc([N+](=O)[O-])cc1F)C(=O)NC2=O. The molecule has 2 heterocycles. The number of carbonyl (C=O) groups is 2. The van der Waals surface area contributed by atoms with Crippen molar-refractivity contribution in [1.29, 1.82) is 0 Å². The van der Waals surface area contributed by atoms with Gasteiger partial charge in [0.25, 0.3) is 23.1 Å². The van der Waals surface area contributed by atoms with Crippen molar-refractivity contribution in [2.45, 2.75) is 0 Å². The number of imide groups is 1. The molecule has 1 aliphatic heterocycles. The molecule has 2 aromatic rings. The van der Waals surface area contributed by atoms with Crippen molar-refractivity contribution in [1.82, 2.24) is 9.88 Å². The van der Waals surface area contributed by atoms with Gasteiger partial charge in [0.05, 0.1) is 27.8 Å². The summed E-state index contributed by atoms with van der Waals surface area (Å²) in [5.41, 5.74) is 3.57. The Hall–Kier alpha value is -3.56. The van der Waals surface area contributed by atoms with Gasteiger partial charge in [-0.05, 0) is 6.07 Å². The van der Waals surface area contributed by atoms with Gasteiger partial charge in [0.15, 0.2) is 5.82 Å². The number of hydrogen-bond donors (Lipinski definition) is 2. The predicted molar refractivity (Wildman–Crippen MR) is 74.9 cm³/mol. The third-order valence-electron chi connectivity index (χ3n) is 3.34. The first-order valence-corrected chi connectivity index (χ1v) is 6.16. The van der Waals surface area contributed by atoms with Gasteiger partial charge in [0.2, 0.25) is 0 Å². The average Bonchev–Trinajstić information content (AvgIpc) is 2.75. The lowest BCUT2D eigenvalue weighted by molar-refractivity contribution is -0.385. The van der Waals surface area contributed by atoms with E-state index in [-0.39, 0.29) is 16.8 Å². The molecular weight excluding hydrogens is 311 g/mol. The summed E-state index contributed by atoms with van der Waals surface area (Å²) in [5, 5.41) is 12.6. The molecule has 0 fully saturated rings. The number of aromatic nitrogens is 1. The Morgan fingerprint density at radius 2 is 1.87 bits per heavy atom. The van der Waals surface area contributed by atoms with Gasteiger partial charge in [0.1, 0.15) is 5.82 Å². The molecule has 0 unspecified atom stereocenters. The number of fused-ring (bicyclic) bond motifs is 1. The van der Waals surface area contributed by atoms with E-state index in [2.05, 4.69) is 0 Å². The van der Waals surface area contributed by atoms with Crippen molar-refractivity contribution in [2.75, 3.05) is 5.73 Å². The van der Waals surface area contributed by atoms with Gasteiger partial charge in [-0.3, -0.25) is 34.4 Å². The Kier molecular flexibility index (Phi) is 2.96. The maximum absolute atomic E-state index is 14.1. The van der Waals surface area contributed by atoms with Crippen LogP contribution < -0.4 is 16.6 Å². The number of anilines is 1. The number of benzene rings is 1. The smallest absolute Gasteiger partial charge is 0.272 e. The molecule has 23 heavy (non-hydrogen) atoms. The lowest BCUT2D eigenvalue weighted by Crippen LogP contribution is -2.24. The zero-order chi connectivity index (χ0) is 16.9. The zero-order valence-electron chi connectivity index (χ0n) is 11.2. The maximum Gasteiger partial charge on any atom is 0.272 e. The number of nitro benzene ring substituents is 1. The van der Waals surface area contributed by atoms with E-state index in [0.717, 1.165) is 18.2 Å². The Bertz CT molecular complexity index is 966. The molecule has 9 nitrogen and oxygen atoms in total. The average molecular weight is 318 g/mol. The Balaban J connectivity index is 2.29. The highest BCUT2D eigenvalue weighted by atomic mass is 19.1. The van der Waals surface area contributed by atoms with Crippen molar-refractivity contribution in [3.05, 3.63) is 61.7 Å². The molecule has 10 heteroatoms. The molecule has 0 bridgehead atoms. The molecule has 116 valence electrons. The fraction of sp³-hybridized carbons (Fsp3) is 0. The Labute approximate surface area is 126 Å². The van der Waals surface area contributed by atoms with Crippen LogP contribution in [0.5, 0.6) is 0 Å². The van der Waals surface area contributed by atoms with E-state index in [0.29, 0.717) is 10.6 Å². The summed E-state index contributed by atoms with van der Waals surface area (Å²) < 4.78 is 14.8. The van der Waals surface area contributed by atoms with Gasteiger partial charge in [-0.2, -0.15) is 0 Å². The van der Waals surface area contributed by atoms with E-state index in [1.807, 2.05) is 5.32 Å². The minimum atomic E-state index is -1.07. The quantitative estimate of drug-likeness (QED) is 0.465. The molecule has 0 radical (unpaired) electrons. The summed E-state index contributed by atoms with van der Waals surface area (Å²) in [6.07, 6.45) is 0. The summed E-state index contributed by atoms with van der Waals surface area (Å²) >= 11 is 0. The summed E-state index contributed by atoms with van der Waals surface area (Å²) in [7, 11) is 0. The van der Waals surface area contributed by atoms with Crippen molar-refractivity contribution in [3.63, 3.8) is 0 Å². The molecule has 0 saturated carbocycles. The van der Waals surface area contributed by atoms with Crippen LogP contribution in [0.15, 0.2) is 29.1 Å². The van der Waals surface area contributed by atoms with E-state index in [1.165, 1.54) is 0 Å². The molecule has 0 aliphatic carbocycles. The summed E-state index contributed by atoms with van der Waals surface area (Å²) in [6, 6.07) is 3.46. The molecular formula is C13H7FN4O5. The van der Waals surface area contributed by atoms with Gasteiger partial charge < -0.3 is 5.73 Å². The lowest BCUT2D eigenvalue weighted by Gasteiger charge is -2.12. The number of nitrogens with zero attached hydrogens (tertiary/aromatic N) is 2. The summed E-state index contributed by atoms with van der Waals surface area (Å²) in [5.74, 6) is -3.08. The maximum atomic E-state index is 14.1. The molecule has 3 rings (SSSR count). The fourth-order valence-electron chi connectivity index (χ4n) is 2.32. The largest absolute Gasteiger partial charge is 0.384 e. The highest BCUT2D eigenvalue weighted by Crippen LogP contribution is 2.25. The molecule has 0 atom stereocenters. The van der Waals surface area contributed by atoms with Gasteiger partial charge in [-0.1, -0.05) is 0 Å². The number of pyridine rings is 1. The number of nitrogen functional groups attached to an aromatic ring is 1. The third kappa shape index (κ3) is 2.04. The van der Waals surface area contributed by atoms with Gasteiger partial charge in [-0.15, -0.1) is 0 Å². The first kappa shape index (κ1) is 14.4. The molecule has 1 aromatic heterocycles. The van der Waals surface area contributed by atoms with Gasteiger partial charge >= 0.3 is 0 Å². The molecule has 0 saturated heterocycles. The second kappa shape index (κ2) is 4.73. The third-order valence-corrected chi connectivity index (χ3v) is 3.34. The minimum Gasteiger partial charge on any atom is -0.384 e. The highest BCUT2D eigenvalue weighted by Gasteiger charge is 2.32. The second-order valence-electron chi connectivity index (χ2n) is 4.67. The topological polar surface area (TPSA) is 137 Å².